The summed E-state index contributed by atoms with van der Waals surface area (Å²) in [5, 5.41) is 0.373. The van der Waals surface area contributed by atoms with E-state index >= 15 is 0 Å². The Kier molecular flexibility index (Phi) is 1.42. The molecule has 1 atom stereocenters. The molecule has 0 aromatic carbocycles. The average Bonchev–Trinajstić information content (AvgIpc) is 2.30. The van der Waals surface area contributed by atoms with Crippen LogP contribution >= 0.6 is 0 Å². The Morgan fingerprint density at radius 2 is 2.36 bits per heavy atom. The highest BCUT2D eigenvalue weighted by molar-refractivity contribution is 7.90. The summed E-state index contributed by atoms with van der Waals surface area (Å²) in [4.78, 5) is 11.0. The first-order chi connectivity index (χ1) is 5.29. The van der Waals surface area contributed by atoms with Gasteiger partial charge in [-0.05, 0) is 12.2 Å². The predicted octanol–water partition coefficient (Wildman–Crippen LogP) is 0.116. The number of Topliss-reactive ketones (excluding diaryl/α,β-unsaturated/α-hetero) is 1. The highest BCUT2D eigenvalue weighted by Gasteiger charge is 2.30. The van der Waals surface area contributed by atoms with E-state index in [0.29, 0.717) is 17.3 Å². The van der Waals surface area contributed by atoms with Gasteiger partial charge in [0.25, 0.3) is 0 Å². The van der Waals surface area contributed by atoms with E-state index in [1.165, 1.54) is 0 Å². The fraction of sp³-hybridized carbons (Fsp3) is 0.286. The molecule has 0 aromatic rings. The summed E-state index contributed by atoms with van der Waals surface area (Å²) in [6.07, 6.45) is 3.44. The molecule has 0 saturated heterocycles. The van der Waals surface area contributed by atoms with Crippen molar-refractivity contribution in [2.75, 3.05) is 12.4 Å². The van der Waals surface area contributed by atoms with Crippen molar-refractivity contribution in [2.45, 2.75) is 0 Å². The first kappa shape index (κ1) is 6.79. The maximum Gasteiger partial charge on any atom is 0.195 e. The molecule has 0 aromatic heterocycles. The van der Waals surface area contributed by atoms with Crippen LogP contribution in [-0.2, 0) is 20.3 Å². The van der Waals surface area contributed by atoms with Crippen molar-refractivity contribution in [3.8, 4) is 0 Å². The molecule has 3 nitrogen and oxygen atoms in total. The normalized spacial score (nSPS) is 28.7. The predicted molar refractivity (Wildman–Crippen MR) is 40.1 cm³/mol. The second-order valence-corrected chi connectivity index (χ2v) is 3.68. The Morgan fingerprint density at radius 3 is 3.09 bits per heavy atom. The minimum Gasteiger partial charge on any atom is -0.480 e. The van der Waals surface area contributed by atoms with Crippen LogP contribution in [0, 0.1) is 0 Å². The van der Waals surface area contributed by atoms with E-state index in [0.717, 1.165) is 0 Å². The standard InChI is InChI=1S/C7H6O3S/c8-6-4-11(9)7-5(6)2-1-3-10-7/h1-2H,3-4H2. The molecule has 0 radical (unpaired) electrons. The van der Waals surface area contributed by atoms with Crippen LogP contribution in [0.4, 0.5) is 0 Å². The first-order valence-electron chi connectivity index (χ1n) is 3.24. The molecule has 0 saturated carbocycles. The van der Waals surface area contributed by atoms with E-state index in [-0.39, 0.29) is 11.5 Å². The van der Waals surface area contributed by atoms with Crippen molar-refractivity contribution in [1.29, 1.82) is 0 Å². The molecule has 0 N–H and O–H groups in total. The highest BCUT2D eigenvalue weighted by atomic mass is 32.2. The SMILES string of the molecule is O=C1CS(=O)C2=C1C=CCO2. The fourth-order valence-corrected chi connectivity index (χ4v) is 2.24. The van der Waals surface area contributed by atoms with E-state index in [2.05, 4.69) is 0 Å². The zero-order chi connectivity index (χ0) is 7.84. The Hall–Kier alpha value is -0.900. The van der Waals surface area contributed by atoms with Crippen LogP contribution in [0.1, 0.15) is 0 Å². The smallest absolute Gasteiger partial charge is 0.195 e. The van der Waals surface area contributed by atoms with Gasteiger partial charge < -0.3 is 4.74 Å². The van der Waals surface area contributed by atoms with Gasteiger partial charge >= 0.3 is 0 Å². The van der Waals surface area contributed by atoms with Crippen LogP contribution < -0.4 is 0 Å². The Balaban J connectivity index is 2.49. The lowest BCUT2D eigenvalue weighted by Gasteiger charge is -2.07. The van der Waals surface area contributed by atoms with Gasteiger partial charge in [-0.15, -0.1) is 0 Å². The van der Waals surface area contributed by atoms with Crippen LogP contribution in [0.2, 0.25) is 0 Å². The van der Waals surface area contributed by atoms with Crippen molar-refractivity contribution in [2.24, 2.45) is 0 Å². The third-order valence-corrected chi connectivity index (χ3v) is 2.86. The number of ether oxygens (including phenoxy) is 1. The molecule has 0 bridgehead atoms. The molecule has 58 valence electrons. The molecule has 0 spiro atoms. The van der Waals surface area contributed by atoms with E-state index < -0.39 is 10.8 Å². The molecular weight excluding hydrogens is 164 g/mol. The van der Waals surface area contributed by atoms with E-state index in [4.69, 9.17) is 4.74 Å². The van der Waals surface area contributed by atoms with Gasteiger partial charge in [-0.1, -0.05) is 0 Å². The maximum absolute atomic E-state index is 11.1. The summed E-state index contributed by atoms with van der Waals surface area (Å²) in [5.74, 6) is 0.0175. The molecule has 11 heavy (non-hydrogen) atoms. The van der Waals surface area contributed by atoms with Crippen molar-refractivity contribution in [3.05, 3.63) is 22.8 Å². The fourth-order valence-electron chi connectivity index (χ4n) is 1.09. The number of carbonyl (C=O) groups excluding carboxylic acids is 1. The molecule has 0 fully saturated rings. The van der Waals surface area contributed by atoms with Crippen LogP contribution in [0.25, 0.3) is 0 Å². The maximum atomic E-state index is 11.1. The summed E-state index contributed by atoms with van der Waals surface area (Å²) in [6.45, 7) is 0.428. The van der Waals surface area contributed by atoms with Crippen molar-refractivity contribution in [3.63, 3.8) is 0 Å². The largest absolute Gasteiger partial charge is 0.480 e. The van der Waals surface area contributed by atoms with Crippen molar-refractivity contribution in [1.82, 2.24) is 0 Å². The Morgan fingerprint density at radius 1 is 1.55 bits per heavy atom. The summed E-state index contributed by atoms with van der Waals surface area (Å²) in [7, 11) is -1.21. The van der Waals surface area contributed by atoms with E-state index in [9.17, 15) is 9.00 Å². The number of hydrogen-bond donors (Lipinski definition) is 0. The van der Waals surface area contributed by atoms with Crippen LogP contribution in [0.15, 0.2) is 22.8 Å². The van der Waals surface area contributed by atoms with Crippen molar-refractivity contribution >= 4 is 16.6 Å². The highest BCUT2D eigenvalue weighted by Crippen LogP contribution is 2.24. The number of rotatable bonds is 0. The summed E-state index contributed by atoms with van der Waals surface area (Å²) >= 11 is 0. The van der Waals surface area contributed by atoms with E-state index in [1.54, 1.807) is 12.2 Å². The molecule has 2 aliphatic heterocycles. The molecular formula is C7H6O3S. The summed E-state index contributed by atoms with van der Waals surface area (Å²) in [6, 6.07) is 0. The Labute approximate surface area is 66.2 Å². The van der Waals surface area contributed by atoms with Crippen molar-refractivity contribution < 1.29 is 13.7 Å². The van der Waals surface area contributed by atoms with Gasteiger partial charge in [0.05, 0.1) is 22.1 Å². The summed E-state index contributed by atoms with van der Waals surface area (Å²) in [5.41, 5.74) is 0.495. The first-order valence-corrected chi connectivity index (χ1v) is 4.56. The monoisotopic (exact) mass is 170 g/mol. The van der Waals surface area contributed by atoms with Crippen LogP contribution in [-0.4, -0.2) is 22.4 Å². The molecule has 4 heteroatoms. The minimum atomic E-state index is -1.21. The third-order valence-electron chi connectivity index (χ3n) is 1.58. The molecule has 2 heterocycles. The van der Waals surface area contributed by atoms with Gasteiger partial charge in [0.1, 0.15) is 6.61 Å². The minimum absolute atomic E-state index is 0.0747. The van der Waals surface area contributed by atoms with Crippen LogP contribution in [0.3, 0.4) is 0 Å². The average molecular weight is 170 g/mol. The van der Waals surface area contributed by atoms with Gasteiger partial charge in [0.15, 0.2) is 10.9 Å². The van der Waals surface area contributed by atoms with E-state index in [1.807, 2.05) is 0 Å². The molecule has 2 aliphatic rings. The zero-order valence-electron chi connectivity index (χ0n) is 5.70. The summed E-state index contributed by atoms with van der Waals surface area (Å²) < 4.78 is 16.1. The van der Waals surface area contributed by atoms with Gasteiger partial charge in [0.2, 0.25) is 0 Å². The topological polar surface area (TPSA) is 43.4 Å². The third kappa shape index (κ3) is 0.939. The molecule has 0 aliphatic carbocycles. The Bertz CT molecular complexity index is 301. The quantitative estimate of drug-likeness (QED) is 0.518. The second kappa shape index (κ2) is 2.30. The van der Waals surface area contributed by atoms with Gasteiger partial charge in [-0.2, -0.15) is 0 Å². The number of hydrogen-bond acceptors (Lipinski definition) is 3. The van der Waals surface area contributed by atoms with Gasteiger partial charge in [0, 0.05) is 0 Å². The van der Waals surface area contributed by atoms with Crippen LogP contribution in [0.5, 0.6) is 0 Å². The number of allylic oxidation sites excluding steroid dienone is 2. The zero-order valence-corrected chi connectivity index (χ0v) is 6.52. The number of carbonyl (C=O) groups is 1. The van der Waals surface area contributed by atoms with Gasteiger partial charge in [-0.3, -0.25) is 9.00 Å². The molecule has 2 rings (SSSR count). The lowest BCUT2D eigenvalue weighted by molar-refractivity contribution is -0.112. The number of ketones is 1. The molecule has 0 amide bonds. The lowest BCUT2D eigenvalue weighted by atomic mass is 10.2. The molecule has 1 unspecified atom stereocenters. The lowest BCUT2D eigenvalue weighted by Crippen LogP contribution is -2.01. The van der Waals surface area contributed by atoms with Gasteiger partial charge in [-0.25, -0.2) is 0 Å². The second-order valence-electron chi connectivity index (χ2n) is 2.33.